The van der Waals surface area contributed by atoms with E-state index >= 15 is 0 Å². The van der Waals surface area contributed by atoms with Gasteiger partial charge in [-0.3, -0.25) is 14.4 Å². The number of hydrogen-bond donors (Lipinski definition) is 1. The summed E-state index contributed by atoms with van der Waals surface area (Å²) in [5, 5.41) is -0.379. The number of anilines is 1. The lowest BCUT2D eigenvalue weighted by molar-refractivity contribution is -0.137. The number of fused-ring (bicyclic) bond motifs is 2. The second kappa shape index (κ2) is 7.77. The first-order valence-electron chi connectivity index (χ1n) is 9.77. The number of aromatic amines is 1. The van der Waals surface area contributed by atoms with Crippen LogP contribution in [-0.2, 0) is 15.8 Å². The zero-order chi connectivity index (χ0) is 23.5. The fraction of sp³-hybridized carbons (Fsp3) is 0.227. The lowest BCUT2D eigenvalue weighted by Crippen LogP contribution is -2.32. The molecule has 2 amide bonds. The van der Waals surface area contributed by atoms with Gasteiger partial charge in [-0.25, -0.2) is 4.90 Å². The number of ether oxygens (including phenoxy) is 1. The molecule has 0 unspecified atom stereocenters. The largest absolute Gasteiger partial charge is 0.497 e. The number of carbonyl (C=O) groups excluding carboxylic acids is 2. The third kappa shape index (κ3) is 3.55. The highest BCUT2D eigenvalue weighted by Crippen LogP contribution is 2.53. The van der Waals surface area contributed by atoms with E-state index in [4.69, 9.17) is 4.74 Å². The smallest absolute Gasteiger partial charge is 0.416 e. The fourth-order valence-electron chi connectivity index (χ4n) is 4.26. The van der Waals surface area contributed by atoms with Gasteiger partial charge < -0.3 is 9.72 Å². The normalized spacial score (nSPS) is 22.3. The summed E-state index contributed by atoms with van der Waals surface area (Å²) >= 11 is 2.03. The summed E-state index contributed by atoms with van der Waals surface area (Å²) in [5.41, 5.74) is -0.368. The topological polar surface area (TPSA) is 79.5 Å². The van der Waals surface area contributed by atoms with E-state index in [1.165, 1.54) is 19.2 Å². The Morgan fingerprint density at radius 1 is 1.03 bits per heavy atom. The van der Waals surface area contributed by atoms with Crippen molar-refractivity contribution in [2.45, 2.75) is 22.4 Å². The number of hydrogen-bond acceptors (Lipinski definition) is 6. The molecule has 0 aliphatic carbocycles. The summed E-state index contributed by atoms with van der Waals surface area (Å²) in [6.07, 6.45) is -4.61. The van der Waals surface area contributed by atoms with Crippen LogP contribution in [0.1, 0.15) is 21.9 Å². The summed E-state index contributed by atoms with van der Waals surface area (Å²) in [5.74, 6) is -2.07. The molecule has 3 heterocycles. The van der Waals surface area contributed by atoms with Crippen LogP contribution in [0.2, 0.25) is 0 Å². The van der Waals surface area contributed by atoms with Gasteiger partial charge in [0.2, 0.25) is 11.8 Å². The molecule has 0 saturated carbocycles. The lowest BCUT2D eigenvalue weighted by Gasteiger charge is -2.29. The molecule has 0 spiro atoms. The predicted octanol–water partition coefficient (Wildman–Crippen LogP) is 4.26. The molecule has 33 heavy (non-hydrogen) atoms. The Hall–Kier alpha value is -3.05. The number of nitrogens with zero attached hydrogens (tertiary/aromatic N) is 1. The average molecular weight is 493 g/mol. The zero-order valence-electron chi connectivity index (χ0n) is 16.9. The monoisotopic (exact) mass is 492 g/mol. The van der Waals surface area contributed by atoms with Crippen molar-refractivity contribution in [3.05, 3.63) is 74.2 Å². The van der Waals surface area contributed by atoms with Crippen LogP contribution in [0, 0.1) is 5.92 Å². The molecule has 1 aromatic heterocycles. The lowest BCUT2D eigenvalue weighted by atomic mass is 9.83. The van der Waals surface area contributed by atoms with E-state index in [0.29, 0.717) is 21.2 Å². The SMILES string of the molecule is COc1ccc([C@H]2c3sc(=O)[nH]c3S[C@H]3C(=O)N(c4cccc(C(F)(F)F)c4)C(=O)[C@@H]23)cc1. The number of thiazole rings is 1. The molecule has 11 heteroatoms. The fourth-order valence-corrected chi connectivity index (χ4v) is 6.78. The van der Waals surface area contributed by atoms with Crippen LogP contribution in [0.3, 0.4) is 0 Å². The number of nitrogens with one attached hydrogen (secondary N) is 1. The third-order valence-corrected chi connectivity index (χ3v) is 8.13. The summed E-state index contributed by atoms with van der Waals surface area (Å²) in [7, 11) is 1.52. The Balaban J connectivity index is 1.61. The Bertz CT molecular complexity index is 1320. The Morgan fingerprint density at radius 3 is 2.42 bits per heavy atom. The summed E-state index contributed by atoms with van der Waals surface area (Å²) in [4.78, 5) is 42.8. The van der Waals surface area contributed by atoms with Gasteiger partial charge in [0.05, 0.1) is 29.3 Å². The van der Waals surface area contributed by atoms with E-state index in [0.717, 1.165) is 40.1 Å². The quantitative estimate of drug-likeness (QED) is 0.553. The summed E-state index contributed by atoms with van der Waals surface area (Å²) in [6.45, 7) is 0. The van der Waals surface area contributed by atoms with E-state index in [9.17, 15) is 27.6 Å². The molecule has 1 saturated heterocycles. The van der Waals surface area contributed by atoms with Crippen molar-refractivity contribution in [2.75, 3.05) is 12.0 Å². The molecule has 6 nitrogen and oxygen atoms in total. The predicted molar refractivity (Wildman–Crippen MR) is 117 cm³/mol. The standard InChI is InChI=1S/C22H15F3N2O4S2/c1-31-13-7-5-10(6-8-13)14-15-17(32-18-16(14)33-21(30)26-18)20(29)27(19(15)28)12-4-2-3-11(9-12)22(23,24)25/h2-9,14-15,17H,1H3,(H,26,30)/t14-,15+,17-/m1/s1. The maximum atomic E-state index is 13.5. The molecule has 3 aromatic rings. The van der Waals surface area contributed by atoms with Crippen molar-refractivity contribution in [1.29, 1.82) is 0 Å². The Kier molecular flexibility index (Phi) is 5.13. The number of carbonyl (C=O) groups is 2. The number of aromatic nitrogens is 1. The van der Waals surface area contributed by atoms with E-state index in [-0.39, 0.29) is 10.6 Å². The van der Waals surface area contributed by atoms with Gasteiger partial charge in [0.15, 0.2) is 0 Å². The molecule has 0 radical (unpaired) electrons. The van der Waals surface area contributed by atoms with E-state index in [2.05, 4.69) is 4.98 Å². The van der Waals surface area contributed by atoms with E-state index in [1.807, 2.05) is 0 Å². The number of H-pyrrole nitrogens is 1. The Labute approximate surface area is 193 Å². The molecular formula is C22H15F3N2O4S2. The molecular weight excluding hydrogens is 477 g/mol. The number of imide groups is 1. The highest BCUT2D eigenvalue weighted by molar-refractivity contribution is 8.00. The molecule has 2 aromatic carbocycles. The van der Waals surface area contributed by atoms with Crippen LogP contribution in [0.5, 0.6) is 5.75 Å². The number of thioether (sulfide) groups is 1. The van der Waals surface area contributed by atoms with Gasteiger partial charge >= 0.3 is 11.0 Å². The third-order valence-electron chi connectivity index (χ3n) is 5.73. The number of benzene rings is 2. The first kappa shape index (κ1) is 21.8. The first-order valence-corrected chi connectivity index (χ1v) is 11.5. The van der Waals surface area contributed by atoms with Gasteiger partial charge in [-0.05, 0) is 35.9 Å². The second-order valence-corrected chi connectivity index (χ2v) is 9.75. The van der Waals surface area contributed by atoms with Crippen LogP contribution < -0.4 is 14.5 Å². The van der Waals surface area contributed by atoms with Crippen LogP contribution in [0.25, 0.3) is 0 Å². The molecule has 1 fully saturated rings. The summed E-state index contributed by atoms with van der Waals surface area (Å²) in [6, 6.07) is 11.1. The minimum atomic E-state index is -4.61. The summed E-state index contributed by atoms with van der Waals surface area (Å²) < 4.78 is 44.9. The van der Waals surface area contributed by atoms with Gasteiger partial charge in [0, 0.05) is 10.8 Å². The Morgan fingerprint density at radius 2 is 1.76 bits per heavy atom. The highest BCUT2D eigenvalue weighted by atomic mass is 32.2. The highest BCUT2D eigenvalue weighted by Gasteiger charge is 2.56. The van der Waals surface area contributed by atoms with Crippen LogP contribution in [0.15, 0.2) is 58.4 Å². The van der Waals surface area contributed by atoms with Gasteiger partial charge in [-0.15, -0.1) is 0 Å². The molecule has 170 valence electrons. The molecule has 3 atom stereocenters. The number of halogens is 3. The number of methoxy groups -OCH3 is 1. The maximum absolute atomic E-state index is 13.5. The molecule has 0 bridgehead atoms. The van der Waals surface area contributed by atoms with Crippen LogP contribution >= 0.6 is 23.1 Å². The van der Waals surface area contributed by atoms with Gasteiger partial charge in [-0.1, -0.05) is 41.3 Å². The second-order valence-electron chi connectivity index (χ2n) is 7.58. The zero-order valence-corrected chi connectivity index (χ0v) is 18.5. The van der Waals surface area contributed by atoms with Crippen molar-refractivity contribution in [3.8, 4) is 5.75 Å². The van der Waals surface area contributed by atoms with E-state index < -0.39 is 40.6 Å². The molecule has 2 aliphatic rings. The minimum Gasteiger partial charge on any atom is -0.497 e. The van der Waals surface area contributed by atoms with Gasteiger partial charge in [0.1, 0.15) is 11.0 Å². The van der Waals surface area contributed by atoms with Crippen LogP contribution in [0.4, 0.5) is 18.9 Å². The molecule has 2 aliphatic heterocycles. The number of amides is 2. The van der Waals surface area contributed by atoms with Crippen molar-refractivity contribution in [3.63, 3.8) is 0 Å². The van der Waals surface area contributed by atoms with Crippen molar-refractivity contribution in [1.82, 2.24) is 4.98 Å². The average Bonchev–Trinajstić information content (AvgIpc) is 3.28. The van der Waals surface area contributed by atoms with E-state index in [1.54, 1.807) is 24.3 Å². The van der Waals surface area contributed by atoms with Crippen molar-refractivity contribution in [2.24, 2.45) is 5.92 Å². The first-order chi connectivity index (χ1) is 15.7. The van der Waals surface area contributed by atoms with Gasteiger partial charge in [-0.2, -0.15) is 13.2 Å². The number of alkyl halides is 3. The maximum Gasteiger partial charge on any atom is 0.416 e. The van der Waals surface area contributed by atoms with Gasteiger partial charge in [0.25, 0.3) is 0 Å². The molecule has 5 rings (SSSR count). The molecule has 1 N–H and O–H groups in total. The van der Waals surface area contributed by atoms with Crippen molar-refractivity contribution >= 4 is 40.6 Å². The van der Waals surface area contributed by atoms with Crippen molar-refractivity contribution < 1.29 is 27.5 Å². The van der Waals surface area contributed by atoms with Crippen LogP contribution in [-0.4, -0.2) is 29.2 Å². The number of rotatable bonds is 3. The minimum absolute atomic E-state index is 0.125.